The average Bonchev–Trinajstić information content (AvgIpc) is 2.92. The van der Waals surface area contributed by atoms with Crippen LogP contribution in [0, 0.1) is 5.82 Å². The van der Waals surface area contributed by atoms with E-state index < -0.39 is 0 Å². The largest absolute Gasteiger partial charge is 0.491 e. The highest BCUT2D eigenvalue weighted by molar-refractivity contribution is 5.96. The third kappa shape index (κ3) is 2.21. The number of benzene rings is 1. The van der Waals surface area contributed by atoms with E-state index in [2.05, 4.69) is 4.98 Å². The number of anilines is 3. The molecule has 0 N–H and O–H groups in total. The smallest absolute Gasteiger partial charge is 0.230 e. The average molecular weight is 313 g/mol. The standard InChI is InChI=1S/C17H16FN3O2/c1-20-14-9-13(12(18)8-16(14)23-7-4-17(20)22)21-6-3-11-2-5-19-10-15(11)21/h2,5,8-10H,3-4,6-7H2,1H3. The Morgan fingerprint density at radius 2 is 2.09 bits per heavy atom. The van der Waals surface area contributed by atoms with Crippen LogP contribution in [0.15, 0.2) is 30.6 Å². The number of hydrogen-bond acceptors (Lipinski definition) is 4. The van der Waals surface area contributed by atoms with Crippen LogP contribution in [0.4, 0.5) is 21.5 Å². The number of fused-ring (bicyclic) bond motifs is 2. The molecule has 0 aliphatic carbocycles. The number of nitrogens with zero attached hydrogens (tertiary/aromatic N) is 3. The molecule has 2 aliphatic heterocycles. The van der Waals surface area contributed by atoms with Crippen LogP contribution in [0.3, 0.4) is 0 Å². The lowest BCUT2D eigenvalue weighted by molar-refractivity contribution is -0.118. The number of pyridine rings is 1. The third-order valence-electron chi connectivity index (χ3n) is 4.41. The Kier molecular flexibility index (Phi) is 3.18. The van der Waals surface area contributed by atoms with Gasteiger partial charge in [-0.25, -0.2) is 4.39 Å². The number of halogens is 1. The molecule has 1 aromatic carbocycles. The lowest BCUT2D eigenvalue weighted by atomic mass is 10.2. The maximum absolute atomic E-state index is 14.6. The minimum absolute atomic E-state index is 0.0372. The van der Waals surface area contributed by atoms with Gasteiger partial charge in [0, 0.05) is 25.9 Å². The van der Waals surface area contributed by atoms with E-state index in [1.807, 2.05) is 11.0 Å². The van der Waals surface area contributed by atoms with Crippen LogP contribution >= 0.6 is 0 Å². The summed E-state index contributed by atoms with van der Waals surface area (Å²) in [6, 6.07) is 5.01. The maximum atomic E-state index is 14.6. The molecule has 0 spiro atoms. The molecule has 3 heterocycles. The van der Waals surface area contributed by atoms with Crippen molar-refractivity contribution in [2.24, 2.45) is 0 Å². The van der Waals surface area contributed by atoms with Crippen LogP contribution < -0.4 is 14.5 Å². The molecule has 0 radical (unpaired) electrons. The second kappa shape index (κ2) is 5.22. The van der Waals surface area contributed by atoms with E-state index in [0.717, 1.165) is 17.7 Å². The predicted octanol–water partition coefficient (Wildman–Crippen LogP) is 2.66. The van der Waals surface area contributed by atoms with Crippen LogP contribution in [-0.2, 0) is 11.2 Å². The van der Waals surface area contributed by atoms with Crippen LogP contribution in [0.2, 0.25) is 0 Å². The highest BCUT2D eigenvalue weighted by Gasteiger charge is 2.27. The first-order valence-electron chi connectivity index (χ1n) is 7.58. The van der Waals surface area contributed by atoms with Crippen molar-refractivity contribution in [3.8, 4) is 5.75 Å². The van der Waals surface area contributed by atoms with E-state index in [-0.39, 0.29) is 18.3 Å². The molecule has 2 aromatic rings. The van der Waals surface area contributed by atoms with Gasteiger partial charge < -0.3 is 14.5 Å². The fourth-order valence-electron chi connectivity index (χ4n) is 3.14. The fraction of sp³-hybridized carbons (Fsp3) is 0.294. The second-order valence-corrected chi connectivity index (χ2v) is 5.73. The van der Waals surface area contributed by atoms with Gasteiger partial charge in [0.2, 0.25) is 5.91 Å². The van der Waals surface area contributed by atoms with Crippen LogP contribution in [0.25, 0.3) is 0 Å². The van der Waals surface area contributed by atoms with E-state index in [1.54, 1.807) is 25.5 Å². The molecule has 5 nitrogen and oxygen atoms in total. The minimum Gasteiger partial charge on any atom is -0.491 e. The first-order valence-corrected chi connectivity index (χ1v) is 7.58. The number of amides is 1. The Morgan fingerprint density at radius 3 is 2.96 bits per heavy atom. The molecular formula is C17H16FN3O2. The van der Waals surface area contributed by atoms with Crippen molar-refractivity contribution in [1.29, 1.82) is 0 Å². The van der Waals surface area contributed by atoms with Gasteiger partial charge >= 0.3 is 0 Å². The summed E-state index contributed by atoms with van der Waals surface area (Å²) in [5.41, 5.74) is 3.10. The highest BCUT2D eigenvalue weighted by Crippen LogP contribution is 2.41. The summed E-state index contributed by atoms with van der Waals surface area (Å²) in [7, 11) is 1.69. The van der Waals surface area contributed by atoms with Gasteiger partial charge in [0.25, 0.3) is 0 Å². The van der Waals surface area contributed by atoms with Gasteiger partial charge in [-0.15, -0.1) is 0 Å². The SMILES string of the molecule is CN1C(=O)CCOc2cc(F)c(N3CCc4ccncc43)cc21. The van der Waals surface area contributed by atoms with E-state index in [1.165, 1.54) is 11.0 Å². The van der Waals surface area contributed by atoms with Crippen LogP contribution in [0.1, 0.15) is 12.0 Å². The summed E-state index contributed by atoms with van der Waals surface area (Å²) in [4.78, 5) is 19.6. The lowest BCUT2D eigenvalue weighted by Gasteiger charge is -2.23. The summed E-state index contributed by atoms with van der Waals surface area (Å²) >= 11 is 0. The summed E-state index contributed by atoms with van der Waals surface area (Å²) in [6.45, 7) is 0.959. The molecule has 1 aromatic heterocycles. The normalized spacial score (nSPS) is 16.7. The first kappa shape index (κ1) is 14.0. The van der Waals surface area contributed by atoms with Crippen molar-refractivity contribution in [3.63, 3.8) is 0 Å². The Morgan fingerprint density at radius 1 is 1.22 bits per heavy atom. The number of rotatable bonds is 1. The molecule has 118 valence electrons. The van der Waals surface area contributed by atoms with E-state index in [4.69, 9.17) is 4.74 Å². The summed E-state index contributed by atoms with van der Waals surface area (Å²) in [5, 5.41) is 0. The molecule has 0 bridgehead atoms. The van der Waals surface area contributed by atoms with Crippen molar-refractivity contribution >= 4 is 23.0 Å². The van der Waals surface area contributed by atoms with E-state index >= 15 is 0 Å². The first-order chi connectivity index (χ1) is 11.1. The summed E-state index contributed by atoms with van der Waals surface area (Å²) in [5.74, 6) is 0.0122. The topological polar surface area (TPSA) is 45.7 Å². The van der Waals surface area contributed by atoms with Gasteiger partial charge in [-0.05, 0) is 24.1 Å². The van der Waals surface area contributed by atoms with Crippen molar-refractivity contribution in [2.45, 2.75) is 12.8 Å². The third-order valence-corrected chi connectivity index (χ3v) is 4.41. The zero-order valence-electron chi connectivity index (χ0n) is 12.8. The van der Waals surface area contributed by atoms with Gasteiger partial charge in [0.15, 0.2) is 5.82 Å². The van der Waals surface area contributed by atoms with Crippen molar-refractivity contribution < 1.29 is 13.9 Å². The zero-order valence-corrected chi connectivity index (χ0v) is 12.8. The number of carbonyl (C=O) groups is 1. The van der Waals surface area contributed by atoms with E-state index in [0.29, 0.717) is 30.1 Å². The van der Waals surface area contributed by atoms with E-state index in [9.17, 15) is 9.18 Å². The van der Waals surface area contributed by atoms with Gasteiger partial charge in [-0.1, -0.05) is 0 Å². The minimum atomic E-state index is -0.358. The molecule has 0 saturated heterocycles. The molecule has 0 saturated carbocycles. The molecular weight excluding hydrogens is 297 g/mol. The van der Waals surface area contributed by atoms with Gasteiger partial charge in [-0.2, -0.15) is 0 Å². The van der Waals surface area contributed by atoms with Crippen molar-refractivity contribution in [2.75, 3.05) is 30.0 Å². The predicted molar refractivity (Wildman–Crippen MR) is 84.9 cm³/mol. The second-order valence-electron chi connectivity index (χ2n) is 5.73. The quantitative estimate of drug-likeness (QED) is 0.812. The summed E-state index contributed by atoms with van der Waals surface area (Å²) < 4.78 is 20.2. The fourth-order valence-corrected chi connectivity index (χ4v) is 3.14. The molecule has 0 atom stereocenters. The number of hydrogen-bond donors (Lipinski definition) is 0. The Labute approximate surface area is 133 Å². The monoisotopic (exact) mass is 313 g/mol. The molecule has 0 unspecified atom stereocenters. The Balaban J connectivity index is 1.82. The maximum Gasteiger partial charge on any atom is 0.230 e. The Hall–Kier alpha value is -2.63. The lowest BCUT2D eigenvalue weighted by Crippen LogP contribution is -2.25. The molecule has 23 heavy (non-hydrogen) atoms. The van der Waals surface area contributed by atoms with Crippen LogP contribution in [-0.4, -0.2) is 31.1 Å². The molecule has 6 heteroatoms. The van der Waals surface area contributed by atoms with Crippen molar-refractivity contribution in [1.82, 2.24) is 4.98 Å². The Bertz CT molecular complexity index is 793. The number of carbonyl (C=O) groups excluding carboxylic acids is 1. The van der Waals surface area contributed by atoms with Gasteiger partial charge in [-0.3, -0.25) is 9.78 Å². The number of ether oxygens (including phenoxy) is 1. The van der Waals surface area contributed by atoms with Gasteiger partial charge in [0.1, 0.15) is 5.75 Å². The molecule has 0 fully saturated rings. The summed E-state index contributed by atoms with van der Waals surface area (Å²) in [6.07, 6.45) is 4.63. The molecule has 2 aliphatic rings. The number of aromatic nitrogens is 1. The molecule has 4 rings (SSSR count). The zero-order chi connectivity index (χ0) is 16.0. The van der Waals surface area contributed by atoms with Crippen LogP contribution in [0.5, 0.6) is 5.75 Å². The van der Waals surface area contributed by atoms with Crippen molar-refractivity contribution in [3.05, 3.63) is 42.0 Å². The highest BCUT2D eigenvalue weighted by atomic mass is 19.1. The van der Waals surface area contributed by atoms with Gasteiger partial charge in [0.05, 0.1) is 36.3 Å². The molecule has 1 amide bonds.